The molecule has 0 spiro atoms. The van der Waals surface area contributed by atoms with Gasteiger partial charge in [0, 0.05) is 6.42 Å². The monoisotopic (exact) mass is 1570 g/mol. The molecule has 17 unspecified atom stereocenters. The fourth-order valence-corrected chi connectivity index (χ4v) is 13.1. The summed E-state index contributed by atoms with van der Waals surface area (Å²) in [6.07, 6.45) is 80.2. The summed E-state index contributed by atoms with van der Waals surface area (Å²) in [5.74, 6) is -0.320. The smallest absolute Gasteiger partial charge is 0.220 e. The van der Waals surface area contributed by atoms with E-state index in [4.69, 9.17) is 28.4 Å². The van der Waals surface area contributed by atoms with Gasteiger partial charge >= 0.3 is 0 Å². The Labute approximate surface area is 674 Å². The van der Waals surface area contributed by atoms with Crippen LogP contribution < -0.4 is 5.32 Å². The Morgan fingerprint density at radius 2 is 0.625 bits per heavy atom. The van der Waals surface area contributed by atoms with Crippen molar-refractivity contribution >= 4 is 5.91 Å². The maximum atomic E-state index is 13.5. The Morgan fingerprint density at radius 1 is 0.330 bits per heavy atom. The van der Waals surface area contributed by atoms with E-state index in [-0.39, 0.29) is 12.3 Å². The molecule has 636 valence electrons. The van der Waals surface area contributed by atoms with Crippen molar-refractivity contribution < 1.29 is 89.4 Å². The lowest BCUT2D eigenvalue weighted by atomic mass is 9.96. The number of hydrogen-bond acceptors (Lipinski definition) is 18. The van der Waals surface area contributed by atoms with Gasteiger partial charge in [-0.15, -0.1) is 0 Å². The third-order valence-electron chi connectivity index (χ3n) is 19.9. The van der Waals surface area contributed by atoms with Gasteiger partial charge in [-0.05, 0) is 135 Å². The minimum absolute atomic E-state index is 0.190. The van der Waals surface area contributed by atoms with E-state index in [1.165, 1.54) is 103 Å². The second-order valence-electron chi connectivity index (χ2n) is 29.5. The molecule has 19 nitrogen and oxygen atoms in total. The number of amides is 1. The Hall–Kier alpha value is -5.11. The summed E-state index contributed by atoms with van der Waals surface area (Å²) >= 11 is 0. The van der Waals surface area contributed by atoms with Crippen molar-refractivity contribution in [3.05, 3.63) is 182 Å². The normalized spacial score (nSPS) is 25.9. The number of carbonyl (C=O) groups excluding carboxylic acids is 1. The zero-order valence-corrected chi connectivity index (χ0v) is 68.3. The Bertz CT molecular complexity index is 2740. The zero-order chi connectivity index (χ0) is 81.0. The number of ether oxygens (including phenoxy) is 6. The second kappa shape index (κ2) is 70.1. The fourth-order valence-electron chi connectivity index (χ4n) is 13.1. The number of carbonyl (C=O) groups is 1. The predicted octanol–water partition coefficient (Wildman–Crippen LogP) is 15.9. The molecule has 3 heterocycles. The summed E-state index contributed by atoms with van der Waals surface area (Å²) < 4.78 is 34.4. The van der Waals surface area contributed by atoms with Crippen molar-refractivity contribution in [3.8, 4) is 0 Å². The van der Waals surface area contributed by atoms with Crippen LogP contribution in [0.2, 0.25) is 0 Å². The largest absolute Gasteiger partial charge is 0.394 e. The van der Waals surface area contributed by atoms with Crippen LogP contribution >= 0.6 is 0 Å². The first kappa shape index (κ1) is 101. The van der Waals surface area contributed by atoms with Gasteiger partial charge in [-0.1, -0.05) is 305 Å². The molecule has 0 aromatic heterocycles. The van der Waals surface area contributed by atoms with Gasteiger partial charge in [-0.25, -0.2) is 0 Å². The van der Waals surface area contributed by atoms with Gasteiger partial charge in [0.2, 0.25) is 5.91 Å². The molecule has 3 fully saturated rings. The lowest BCUT2D eigenvalue weighted by molar-refractivity contribution is -0.379. The van der Waals surface area contributed by atoms with Crippen molar-refractivity contribution in [1.82, 2.24) is 5.32 Å². The molecule has 0 radical (unpaired) electrons. The molecule has 12 N–H and O–H groups in total. The summed E-state index contributed by atoms with van der Waals surface area (Å²) in [6, 6.07) is -1.03. The van der Waals surface area contributed by atoms with Gasteiger partial charge in [-0.2, -0.15) is 0 Å². The number of hydrogen-bond donors (Lipinski definition) is 12. The van der Waals surface area contributed by atoms with E-state index in [1.807, 2.05) is 6.08 Å². The van der Waals surface area contributed by atoms with Gasteiger partial charge < -0.3 is 89.9 Å². The van der Waals surface area contributed by atoms with Crippen molar-refractivity contribution in [2.45, 2.75) is 369 Å². The van der Waals surface area contributed by atoms with Gasteiger partial charge in [0.05, 0.1) is 38.6 Å². The Morgan fingerprint density at radius 3 is 1.00 bits per heavy atom. The maximum Gasteiger partial charge on any atom is 0.220 e. The highest BCUT2D eigenvalue weighted by atomic mass is 16.8. The third kappa shape index (κ3) is 48.4. The van der Waals surface area contributed by atoms with Gasteiger partial charge in [0.1, 0.15) is 73.2 Å². The number of aliphatic hydroxyl groups is 11. The maximum absolute atomic E-state index is 13.5. The van der Waals surface area contributed by atoms with Crippen molar-refractivity contribution in [1.29, 1.82) is 0 Å². The summed E-state index contributed by atoms with van der Waals surface area (Å²) in [5.41, 5.74) is 0. The Kier molecular flexibility index (Phi) is 63.3. The topological polar surface area (TPSA) is 307 Å². The first-order valence-electron chi connectivity index (χ1n) is 43.0. The summed E-state index contributed by atoms with van der Waals surface area (Å²) in [7, 11) is 0. The molecular formula is C93H151NO18. The molecule has 3 rings (SSSR count). The first-order valence-corrected chi connectivity index (χ1v) is 43.0. The summed E-state index contributed by atoms with van der Waals surface area (Å²) in [4.78, 5) is 13.5. The molecule has 0 saturated carbocycles. The number of nitrogens with one attached hydrogen (secondary N) is 1. The standard InChI is InChI=1S/C93H151NO18/c1-3-5-7-9-11-13-15-17-19-21-23-25-27-29-31-32-33-34-35-36-37-38-39-40-41-42-43-44-45-47-49-51-53-55-57-59-61-63-65-67-69-71-81(99)94-76(77(98)70-68-66-64-62-60-58-56-54-52-50-48-46-30-28-26-24-22-20-18-16-14-12-10-8-6-4-2)75-107-91-87(105)84(102)89(79(73-96)109-91)112-93-88(106)85(103)90(80(74-97)110-93)111-92-86(104)83(101)82(100)78(72-95)108-92/h5,7,11,13,17,19,23,25,29,31,33-34,36-37,39-40,42-43,45,47,51-54,57,59-60,62,68,70,76-80,82-93,95-98,100-106H,3-4,6,8-10,12,14-16,18,20-22,24,26-28,30,32,35,38,41,44,46,48-50,55-56,58,61,63-67,69,71-75H2,1-2H3,(H,94,99)/b7-5-,13-11-,19-17-,25-23-,31-29-,34-33-,37-36-,40-39-,43-42-,47-45-,53-51-,54-52+,59-57-,62-60+,70-68+. The van der Waals surface area contributed by atoms with Crippen molar-refractivity contribution in [2.75, 3.05) is 26.4 Å². The number of rotatable bonds is 66. The molecule has 0 aromatic rings. The zero-order valence-electron chi connectivity index (χ0n) is 68.3. The predicted molar refractivity (Wildman–Crippen MR) is 451 cm³/mol. The molecule has 0 aromatic carbocycles. The van der Waals surface area contributed by atoms with Crippen LogP contribution in [0.5, 0.6) is 0 Å². The van der Waals surface area contributed by atoms with E-state index >= 15 is 0 Å². The van der Waals surface area contributed by atoms with Crippen LogP contribution in [-0.4, -0.2) is 193 Å². The van der Waals surface area contributed by atoms with Crippen LogP contribution in [0.15, 0.2) is 182 Å². The minimum Gasteiger partial charge on any atom is -0.394 e. The molecule has 1 amide bonds. The van der Waals surface area contributed by atoms with Crippen LogP contribution in [-0.2, 0) is 33.2 Å². The van der Waals surface area contributed by atoms with Crippen LogP contribution in [0.25, 0.3) is 0 Å². The number of aliphatic hydroxyl groups excluding tert-OH is 11. The molecule has 3 saturated heterocycles. The average Bonchev–Trinajstić information content (AvgIpc) is 0.781. The lowest BCUT2D eigenvalue weighted by Gasteiger charge is -2.48. The van der Waals surface area contributed by atoms with E-state index in [9.17, 15) is 61.0 Å². The molecule has 0 bridgehead atoms. The highest BCUT2D eigenvalue weighted by molar-refractivity contribution is 5.76. The van der Waals surface area contributed by atoms with Gasteiger partial charge in [0.15, 0.2) is 18.9 Å². The SMILES string of the molecule is CC/C=C\C/C=C\C/C=C\C/C=C\C/C=C\C/C=C\C/C=C\C/C=C\C/C=C\C/C=C\C/C=C\C/C=C\CCCCCCC(=O)NC(COC1OC(CO)C(OC2OC(CO)C(OC3OC(CO)C(O)C(O)C3O)C(O)C2O)C(O)C1O)C(O)/C=C/CC/C=C/CC/C=C/CCCCCCCCCCCCCCCCCC. The highest BCUT2D eigenvalue weighted by Gasteiger charge is 2.54. The molecule has 112 heavy (non-hydrogen) atoms. The van der Waals surface area contributed by atoms with E-state index in [0.29, 0.717) is 12.8 Å². The Balaban J connectivity index is 1.38. The summed E-state index contributed by atoms with van der Waals surface area (Å²) in [6.45, 7) is 1.58. The minimum atomic E-state index is -2.00. The molecule has 17 atom stereocenters. The average molecular weight is 1570 g/mol. The molecule has 19 heteroatoms. The van der Waals surface area contributed by atoms with E-state index < -0.39 is 131 Å². The quantitative estimate of drug-likeness (QED) is 0.0199. The molecule has 3 aliphatic rings. The van der Waals surface area contributed by atoms with Gasteiger partial charge in [-0.3, -0.25) is 4.79 Å². The van der Waals surface area contributed by atoms with Crippen molar-refractivity contribution in [2.24, 2.45) is 0 Å². The highest BCUT2D eigenvalue weighted by Crippen LogP contribution is 2.33. The number of allylic oxidation sites excluding steroid dienone is 29. The molecule has 3 aliphatic heterocycles. The fraction of sp³-hybridized carbons (Fsp3) is 0.667. The van der Waals surface area contributed by atoms with Crippen LogP contribution in [0.3, 0.4) is 0 Å². The lowest BCUT2D eigenvalue weighted by Crippen LogP contribution is -2.66. The molecule has 0 aliphatic carbocycles. The van der Waals surface area contributed by atoms with Crippen LogP contribution in [0.4, 0.5) is 0 Å². The van der Waals surface area contributed by atoms with Crippen LogP contribution in [0, 0.1) is 0 Å². The third-order valence-corrected chi connectivity index (χ3v) is 19.9. The van der Waals surface area contributed by atoms with Crippen LogP contribution in [0.1, 0.15) is 264 Å². The molecular weight excluding hydrogens is 1420 g/mol. The number of unbranched alkanes of at least 4 members (excludes halogenated alkanes) is 22. The second-order valence-corrected chi connectivity index (χ2v) is 29.5. The van der Waals surface area contributed by atoms with E-state index in [1.54, 1.807) is 6.08 Å². The first-order chi connectivity index (χ1) is 54.8. The summed E-state index contributed by atoms with van der Waals surface area (Å²) in [5, 5.41) is 121. The van der Waals surface area contributed by atoms with Crippen molar-refractivity contribution in [3.63, 3.8) is 0 Å². The van der Waals surface area contributed by atoms with E-state index in [0.717, 1.165) is 128 Å². The van der Waals surface area contributed by atoms with Gasteiger partial charge in [0.25, 0.3) is 0 Å². The van der Waals surface area contributed by atoms with E-state index in [2.05, 4.69) is 189 Å².